The first-order valence-electron chi connectivity index (χ1n) is 10.5. The zero-order valence-electron chi connectivity index (χ0n) is 17.3. The Morgan fingerprint density at radius 2 is 1.83 bits per heavy atom. The third kappa shape index (κ3) is 5.59. The first kappa shape index (κ1) is 20.9. The number of hydrogen-bond donors (Lipinski definition) is 2. The summed E-state index contributed by atoms with van der Waals surface area (Å²) in [6, 6.07) is 13.1. The third-order valence-electron chi connectivity index (χ3n) is 5.25. The smallest absolute Gasteiger partial charge is 0.265 e. The number of para-hydroxylation sites is 1. The first-order chi connectivity index (χ1) is 14.1. The van der Waals surface area contributed by atoms with Crippen molar-refractivity contribution < 1.29 is 14.3 Å². The number of fused-ring (bicyclic) bond motifs is 1. The number of benzene rings is 2. The molecule has 2 N–H and O–H groups in total. The third-order valence-corrected chi connectivity index (χ3v) is 5.25. The molecule has 0 fully saturated rings. The maximum absolute atomic E-state index is 12.7. The van der Waals surface area contributed by atoms with Crippen molar-refractivity contribution in [2.24, 2.45) is 0 Å². The van der Waals surface area contributed by atoms with Crippen LogP contribution in [0.3, 0.4) is 0 Å². The molecule has 2 aromatic carbocycles. The van der Waals surface area contributed by atoms with E-state index in [4.69, 9.17) is 4.74 Å². The van der Waals surface area contributed by atoms with Gasteiger partial charge in [-0.1, -0.05) is 31.5 Å². The number of hydrogen-bond acceptors (Lipinski definition) is 3. The minimum Gasteiger partial charge on any atom is -0.481 e. The van der Waals surface area contributed by atoms with E-state index < -0.39 is 6.10 Å². The highest BCUT2D eigenvalue weighted by Crippen LogP contribution is 2.26. The van der Waals surface area contributed by atoms with E-state index in [1.54, 1.807) is 31.2 Å². The lowest BCUT2D eigenvalue weighted by atomic mass is 9.92. The van der Waals surface area contributed by atoms with E-state index in [1.807, 2.05) is 12.1 Å². The molecule has 2 aromatic rings. The van der Waals surface area contributed by atoms with Gasteiger partial charge in [-0.3, -0.25) is 9.59 Å². The molecular formula is C24H30N2O3. The lowest BCUT2D eigenvalue weighted by Gasteiger charge is -2.19. The van der Waals surface area contributed by atoms with Crippen LogP contribution in [0, 0.1) is 0 Å². The van der Waals surface area contributed by atoms with Gasteiger partial charge in [0.1, 0.15) is 5.75 Å². The first-order valence-corrected chi connectivity index (χ1v) is 10.5. The van der Waals surface area contributed by atoms with Gasteiger partial charge in [0, 0.05) is 6.54 Å². The summed E-state index contributed by atoms with van der Waals surface area (Å²) < 4.78 is 5.88. The van der Waals surface area contributed by atoms with Gasteiger partial charge in [0.2, 0.25) is 0 Å². The molecule has 1 unspecified atom stereocenters. The number of carbonyl (C=O) groups excluding carboxylic acids is 2. The highest BCUT2D eigenvalue weighted by molar-refractivity contribution is 6.04. The summed E-state index contributed by atoms with van der Waals surface area (Å²) in [5.41, 5.74) is 3.64. The molecule has 3 rings (SSSR count). The Labute approximate surface area is 172 Å². The van der Waals surface area contributed by atoms with Crippen molar-refractivity contribution in [1.82, 2.24) is 5.32 Å². The zero-order chi connectivity index (χ0) is 20.6. The fourth-order valence-corrected chi connectivity index (χ4v) is 3.54. The second-order valence-corrected chi connectivity index (χ2v) is 7.54. The Balaban J connectivity index is 1.63. The van der Waals surface area contributed by atoms with E-state index in [0.717, 1.165) is 25.7 Å². The minimum absolute atomic E-state index is 0.183. The zero-order valence-corrected chi connectivity index (χ0v) is 17.3. The number of carbonyl (C=O) groups is 2. The lowest BCUT2D eigenvalue weighted by Crippen LogP contribution is -2.32. The molecular weight excluding hydrogens is 364 g/mol. The molecule has 0 aromatic heterocycles. The maximum atomic E-state index is 12.7. The van der Waals surface area contributed by atoms with E-state index in [-0.39, 0.29) is 11.8 Å². The summed E-state index contributed by atoms with van der Waals surface area (Å²) in [5, 5.41) is 5.73. The van der Waals surface area contributed by atoms with Crippen molar-refractivity contribution in [3.8, 4) is 5.75 Å². The highest BCUT2D eigenvalue weighted by Gasteiger charge is 2.19. The quantitative estimate of drug-likeness (QED) is 0.648. The van der Waals surface area contributed by atoms with E-state index in [2.05, 4.69) is 23.6 Å². The van der Waals surface area contributed by atoms with Crippen molar-refractivity contribution in [3.05, 3.63) is 59.2 Å². The van der Waals surface area contributed by atoms with Crippen molar-refractivity contribution in [1.29, 1.82) is 0 Å². The molecule has 0 heterocycles. The standard InChI is InChI=1S/C24H30N2O3/c1-3-4-15-25-24(28)21-11-7-8-12-22(21)26-23(27)17(2)29-20-14-13-18-9-5-6-10-19(18)16-20/h7-8,11-14,16-17H,3-6,9-10,15H2,1-2H3,(H,25,28)(H,26,27). The number of amides is 2. The van der Waals surface area contributed by atoms with Crippen LogP contribution in [0.5, 0.6) is 5.75 Å². The Bertz CT molecular complexity index is 863. The number of nitrogens with one attached hydrogen (secondary N) is 2. The predicted molar refractivity (Wildman–Crippen MR) is 115 cm³/mol. The van der Waals surface area contributed by atoms with Crippen LogP contribution in [0.15, 0.2) is 42.5 Å². The molecule has 0 aliphatic heterocycles. The Hall–Kier alpha value is -2.82. The lowest BCUT2D eigenvalue weighted by molar-refractivity contribution is -0.122. The van der Waals surface area contributed by atoms with Crippen LogP contribution in [0.25, 0.3) is 0 Å². The number of rotatable bonds is 8. The van der Waals surface area contributed by atoms with Crippen LogP contribution >= 0.6 is 0 Å². The molecule has 154 valence electrons. The highest BCUT2D eigenvalue weighted by atomic mass is 16.5. The van der Waals surface area contributed by atoms with Gasteiger partial charge in [0.25, 0.3) is 11.8 Å². The number of aryl methyl sites for hydroxylation is 2. The van der Waals surface area contributed by atoms with Crippen molar-refractivity contribution in [2.75, 3.05) is 11.9 Å². The van der Waals surface area contributed by atoms with E-state index in [9.17, 15) is 9.59 Å². The second-order valence-electron chi connectivity index (χ2n) is 7.54. The number of anilines is 1. The van der Waals surface area contributed by atoms with Crippen LogP contribution in [-0.2, 0) is 17.6 Å². The largest absolute Gasteiger partial charge is 0.481 e. The van der Waals surface area contributed by atoms with Crippen LogP contribution in [0.4, 0.5) is 5.69 Å². The average molecular weight is 395 g/mol. The van der Waals surface area contributed by atoms with Crippen molar-refractivity contribution in [2.45, 2.75) is 58.5 Å². The maximum Gasteiger partial charge on any atom is 0.265 e. The molecule has 0 spiro atoms. The molecule has 5 nitrogen and oxygen atoms in total. The van der Waals surface area contributed by atoms with Gasteiger partial charge >= 0.3 is 0 Å². The SMILES string of the molecule is CCCCNC(=O)c1ccccc1NC(=O)C(C)Oc1ccc2c(c1)CCCC2. The molecule has 0 radical (unpaired) electrons. The molecule has 2 amide bonds. The van der Waals surface area contributed by atoms with Gasteiger partial charge < -0.3 is 15.4 Å². The Morgan fingerprint density at radius 1 is 1.07 bits per heavy atom. The van der Waals surface area contributed by atoms with Crippen molar-refractivity contribution >= 4 is 17.5 Å². The Kier molecular flexibility index (Phi) is 7.28. The van der Waals surface area contributed by atoms with Gasteiger partial charge in [-0.15, -0.1) is 0 Å². The summed E-state index contributed by atoms with van der Waals surface area (Å²) in [4.78, 5) is 25.1. The molecule has 1 aliphatic rings. The summed E-state index contributed by atoms with van der Waals surface area (Å²) >= 11 is 0. The summed E-state index contributed by atoms with van der Waals surface area (Å²) in [5.74, 6) is 0.244. The van der Waals surface area contributed by atoms with Crippen LogP contribution in [0.2, 0.25) is 0 Å². The van der Waals surface area contributed by atoms with Crippen LogP contribution < -0.4 is 15.4 Å². The molecule has 0 saturated heterocycles. The molecule has 1 aliphatic carbocycles. The fraction of sp³-hybridized carbons (Fsp3) is 0.417. The Morgan fingerprint density at radius 3 is 2.62 bits per heavy atom. The van der Waals surface area contributed by atoms with Gasteiger partial charge in [0.05, 0.1) is 11.3 Å². The van der Waals surface area contributed by atoms with Gasteiger partial charge in [-0.25, -0.2) is 0 Å². The summed E-state index contributed by atoms with van der Waals surface area (Å²) in [7, 11) is 0. The van der Waals surface area contributed by atoms with Gasteiger partial charge in [0.15, 0.2) is 6.10 Å². The second kappa shape index (κ2) is 10.1. The number of ether oxygens (including phenoxy) is 1. The summed E-state index contributed by atoms with van der Waals surface area (Å²) in [6.07, 6.45) is 5.87. The van der Waals surface area contributed by atoms with Crippen molar-refractivity contribution in [3.63, 3.8) is 0 Å². The molecule has 1 atom stereocenters. The molecule has 5 heteroatoms. The minimum atomic E-state index is -0.673. The van der Waals surface area contributed by atoms with Crippen LogP contribution in [-0.4, -0.2) is 24.5 Å². The van der Waals surface area contributed by atoms with E-state index >= 15 is 0 Å². The van der Waals surface area contributed by atoms with Crippen LogP contribution in [0.1, 0.15) is 61.0 Å². The molecule has 0 saturated carbocycles. The number of unbranched alkanes of at least 4 members (excludes halogenated alkanes) is 1. The summed E-state index contributed by atoms with van der Waals surface area (Å²) in [6.45, 7) is 4.42. The topological polar surface area (TPSA) is 67.4 Å². The van der Waals surface area contributed by atoms with E-state index in [1.165, 1.54) is 24.0 Å². The predicted octanol–water partition coefficient (Wildman–Crippen LogP) is 4.50. The normalized spacial score (nSPS) is 13.9. The van der Waals surface area contributed by atoms with E-state index in [0.29, 0.717) is 23.5 Å². The molecule has 0 bridgehead atoms. The van der Waals surface area contributed by atoms with Gasteiger partial charge in [-0.05, 0) is 74.4 Å². The molecule has 29 heavy (non-hydrogen) atoms. The van der Waals surface area contributed by atoms with Gasteiger partial charge in [-0.2, -0.15) is 0 Å². The fourth-order valence-electron chi connectivity index (χ4n) is 3.54. The average Bonchev–Trinajstić information content (AvgIpc) is 2.74. The monoisotopic (exact) mass is 394 g/mol.